The molecule has 9 nitrogen and oxygen atoms in total. The maximum Gasteiger partial charge on any atom is 0.309 e. The Morgan fingerprint density at radius 1 is 1.00 bits per heavy atom. The minimum Gasteiger partial charge on any atom is -0.481 e. The molecular weight excluding hydrogens is 422 g/mol. The van der Waals surface area contributed by atoms with Gasteiger partial charge in [-0.3, -0.25) is 14.4 Å². The predicted molar refractivity (Wildman–Crippen MR) is 125 cm³/mol. The summed E-state index contributed by atoms with van der Waals surface area (Å²) in [5.41, 5.74) is -0.0799. The molecule has 2 rings (SSSR count). The molecule has 0 aliphatic carbocycles. The van der Waals surface area contributed by atoms with Gasteiger partial charge in [-0.15, -0.1) is 0 Å². The largest absolute Gasteiger partial charge is 0.481 e. The van der Waals surface area contributed by atoms with E-state index in [4.69, 9.17) is 0 Å². The first-order valence-corrected chi connectivity index (χ1v) is 11.1. The highest BCUT2D eigenvalue weighted by atomic mass is 16.4. The Balaban J connectivity index is 1.82. The van der Waals surface area contributed by atoms with Crippen LogP contribution in [0.25, 0.3) is 0 Å². The Kier molecular flexibility index (Phi) is 10.3. The zero-order valence-electron chi connectivity index (χ0n) is 19.2. The lowest BCUT2D eigenvalue weighted by molar-refractivity contribution is -0.147. The van der Waals surface area contributed by atoms with E-state index in [9.17, 15) is 19.5 Å². The second kappa shape index (κ2) is 13.1. The lowest BCUT2D eigenvalue weighted by Crippen LogP contribution is -2.48. The van der Waals surface area contributed by atoms with Crippen LogP contribution in [0, 0.1) is 5.41 Å². The first-order valence-electron chi connectivity index (χ1n) is 11.1. The van der Waals surface area contributed by atoms with E-state index in [-0.39, 0.29) is 24.7 Å². The quantitative estimate of drug-likeness (QED) is 0.321. The number of anilines is 1. The SMILES string of the molecule is CC(C)(CCC(=O)NC(Cc1ccccc1)C(=O)NCCCCNc1ncccn1)C(=O)O. The number of hydrogen-bond donors (Lipinski definition) is 4. The molecule has 1 aromatic carbocycles. The summed E-state index contributed by atoms with van der Waals surface area (Å²) in [6.07, 6.45) is 5.48. The normalized spacial score (nSPS) is 11.9. The number of amides is 2. The molecule has 178 valence electrons. The molecule has 0 fully saturated rings. The molecule has 9 heteroatoms. The van der Waals surface area contributed by atoms with Gasteiger partial charge in [-0.1, -0.05) is 30.3 Å². The summed E-state index contributed by atoms with van der Waals surface area (Å²) >= 11 is 0. The van der Waals surface area contributed by atoms with Crippen LogP contribution in [0.4, 0.5) is 5.95 Å². The summed E-state index contributed by atoms with van der Waals surface area (Å²) in [5.74, 6) is -0.989. The molecule has 4 N–H and O–H groups in total. The number of nitrogens with zero attached hydrogens (tertiary/aromatic N) is 2. The van der Waals surface area contributed by atoms with E-state index in [1.165, 1.54) is 0 Å². The predicted octanol–water partition coefficient (Wildman–Crippen LogP) is 2.40. The highest BCUT2D eigenvalue weighted by Crippen LogP contribution is 2.22. The third-order valence-electron chi connectivity index (χ3n) is 5.24. The number of aromatic nitrogens is 2. The van der Waals surface area contributed by atoms with E-state index in [0.29, 0.717) is 25.5 Å². The molecule has 2 amide bonds. The molecular formula is C24H33N5O4. The van der Waals surface area contributed by atoms with Crippen LogP contribution in [0.15, 0.2) is 48.8 Å². The molecule has 0 aliphatic heterocycles. The molecule has 33 heavy (non-hydrogen) atoms. The van der Waals surface area contributed by atoms with Gasteiger partial charge in [0.1, 0.15) is 6.04 Å². The fraction of sp³-hybridized carbons (Fsp3) is 0.458. The lowest BCUT2D eigenvalue weighted by atomic mass is 9.88. The van der Waals surface area contributed by atoms with E-state index >= 15 is 0 Å². The number of nitrogens with one attached hydrogen (secondary N) is 3. The molecule has 0 saturated carbocycles. The van der Waals surface area contributed by atoms with Gasteiger partial charge in [0, 0.05) is 38.3 Å². The zero-order valence-corrected chi connectivity index (χ0v) is 19.2. The Labute approximate surface area is 194 Å². The molecule has 1 atom stereocenters. The first-order chi connectivity index (χ1) is 15.8. The number of hydrogen-bond acceptors (Lipinski definition) is 6. The van der Waals surface area contributed by atoms with Crippen molar-refractivity contribution in [2.24, 2.45) is 5.41 Å². The van der Waals surface area contributed by atoms with Crippen molar-refractivity contribution in [3.63, 3.8) is 0 Å². The van der Waals surface area contributed by atoms with Crippen molar-refractivity contribution in [1.82, 2.24) is 20.6 Å². The molecule has 1 unspecified atom stereocenters. The van der Waals surface area contributed by atoms with Crippen LogP contribution in [0.5, 0.6) is 0 Å². The van der Waals surface area contributed by atoms with Crippen molar-refractivity contribution in [2.75, 3.05) is 18.4 Å². The van der Waals surface area contributed by atoms with Crippen molar-refractivity contribution in [1.29, 1.82) is 0 Å². The summed E-state index contributed by atoms with van der Waals surface area (Å²) < 4.78 is 0. The summed E-state index contributed by atoms with van der Waals surface area (Å²) in [5, 5.41) is 18.0. The molecule has 0 radical (unpaired) electrons. The molecule has 0 saturated heterocycles. The van der Waals surface area contributed by atoms with E-state index in [1.807, 2.05) is 30.3 Å². The fourth-order valence-corrected chi connectivity index (χ4v) is 3.03. The highest BCUT2D eigenvalue weighted by molar-refractivity contribution is 5.88. The molecule has 2 aromatic rings. The van der Waals surface area contributed by atoms with Crippen molar-refractivity contribution in [3.05, 3.63) is 54.4 Å². The number of unbranched alkanes of at least 4 members (excludes halogenated alkanes) is 1. The van der Waals surface area contributed by atoms with Crippen molar-refractivity contribution in [2.45, 2.75) is 52.0 Å². The van der Waals surface area contributed by atoms with Gasteiger partial charge in [0.05, 0.1) is 5.41 Å². The number of benzene rings is 1. The minimum atomic E-state index is -1.01. The van der Waals surface area contributed by atoms with Crippen molar-refractivity contribution in [3.8, 4) is 0 Å². The monoisotopic (exact) mass is 455 g/mol. The van der Waals surface area contributed by atoms with Crippen molar-refractivity contribution < 1.29 is 19.5 Å². The summed E-state index contributed by atoms with van der Waals surface area (Å²) in [6.45, 7) is 4.32. The molecule has 0 spiro atoms. The van der Waals surface area contributed by atoms with Crippen LogP contribution < -0.4 is 16.0 Å². The van der Waals surface area contributed by atoms with E-state index in [0.717, 1.165) is 18.4 Å². The smallest absolute Gasteiger partial charge is 0.309 e. The van der Waals surface area contributed by atoms with Crippen LogP contribution >= 0.6 is 0 Å². The Bertz CT molecular complexity index is 890. The van der Waals surface area contributed by atoms with Gasteiger partial charge >= 0.3 is 5.97 Å². The van der Waals surface area contributed by atoms with Crippen molar-refractivity contribution >= 4 is 23.7 Å². The third-order valence-corrected chi connectivity index (χ3v) is 5.24. The van der Waals surface area contributed by atoms with Gasteiger partial charge in [0.25, 0.3) is 0 Å². The number of carbonyl (C=O) groups is 3. The minimum absolute atomic E-state index is 0.0328. The van der Waals surface area contributed by atoms with Crippen LogP contribution in [0.2, 0.25) is 0 Å². The zero-order chi connectivity index (χ0) is 24.1. The second-order valence-electron chi connectivity index (χ2n) is 8.50. The summed E-state index contributed by atoms with van der Waals surface area (Å²) in [7, 11) is 0. The standard InChI is InChI=1S/C24H33N5O4/c1-24(2,22(32)33)12-11-20(30)29-19(17-18-9-4-3-5-10-18)21(31)25-13-6-7-14-26-23-27-15-8-16-28-23/h3-5,8-10,15-16,19H,6-7,11-14,17H2,1-2H3,(H,25,31)(H,29,30)(H,32,33)(H,26,27,28). The average molecular weight is 456 g/mol. The maximum atomic E-state index is 12.8. The lowest BCUT2D eigenvalue weighted by Gasteiger charge is -2.21. The Morgan fingerprint density at radius 2 is 1.67 bits per heavy atom. The van der Waals surface area contributed by atoms with Gasteiger partial charge in [-0.25, -0.2) is 9.97 Å². The van der Waals surface area contributed by atoms with Gasteiger partial charge < -0.3 is 21.1 Å². The van der Waals surface area contributed by atoms with Crippen LogP contribution in [0.1, 0.15) is 45.1 Å². The van der Waals surface area contributed by atoms with E-state index in [1.54, 1.807) is 32.3 Å². The van der Waals surface area contributed by atoms with Crippen LogP contribution in [-0.2, 0) is 20.8 Å². The topological polar surface area (TPSA) is 133 Å². The summed E-state index contributed by atoms with van der Waals surface area (Å²) in [6, 6.07) is 10.5. The van der Waals surface area contributed by atoms with Gasteiger partial charge in [0.15, 0.2) is 0 Å². The van der Waals surface area contributed by atoms with E-state index in [2.05, 4.69) is 25.9 Å². The highest BCUT2D eigenvalue weighted by Gasteiger charge is 2.28. The fourth-order valence-electron chi connectivity index (χ4n) is 3.03. The summed E-state index contributed by atoms with van der Waals surface area (Å²) in [4.78, 5) is 44.7. The maximum absolute atomic E-state index is 12.8. The number of rotatable bonds is 14. The molecule has 1 aromatic heterocycles. The number of aliphatic carboxylic acids is 1. The first kappa shape index (κ1) is 25.8. The number of carboxylic acids is 1. The van der Waals surface area contributed by atoms with Gasteiger partial charge in [0.2, 0.25) is 17.8 Å². The second-order valence-corrected chi connectivity index (χ2v) is 8.50. The average Bonchev–Trinajstić information content (AvgIpc) is 2.80. The molecule has 0 bridgehead atoms. The Morgan fingerprint density at radius 3 is 2.33 bits per heavy atom. The van der Waals surface area contributed by atoms with Gasteiger partial charge in [-0.05, 0) is 44.7 Å². The number of carboxylic acid groups (broad SMARTS) is 1. The molecule has 0 aliphatic rings. The van der Waals surface area contributed by atoms with Gasteiger partial charge in [-0.2, -0.15) is 0 Å². The van der Waals surface area contributed by atoms with Crippen LogP contribution in [0.3, 0.4) is 0 Å². The van der Waals surface area contributed by atoms with Crippen LogP contribution in [-0.4, -0.2) is 52.0 Å². The molecule has 1 heterocycles. The number of carbonyl (C=O) groups excluding carboxylic acids is 2. The third kappa shape index (κ3) is 9.67. The van der Waals surface area contributed by atoms with E-state index < -0.39 is 17.4 Å². The Hall–Kier alpha value is -3.49.